The first-order valence-corrected chi connectivity index (χ1v) is 5.19. The van der Waals surface area contributed by atoms with Gasteiger partial charge in [0.2, 0.25) is 0 Å². The molecule has 106 valence electrons. The number of halogens is 7. The molecule has 0 radical (unpaired) electrons. The second kappa shape index (κ2) is 3.84. The molecule has 1 nitrogen and oxygen atoms in total. The molecule has 8 heteroatoms. The minimum absolute atomic E-state index is 0.0409. The lowest BCUT2D eigenvalue weighted by atomic mass is 10.0. The van der Waals surface area contributed by atoms with Crippen LogP contribution in [0.2, 0.25) is 0 Å². The van der Waals surface area contributed by atoms with Gasteiger partial charge >= 0.3 is 12.4 Å². The van der Waals surface area contributed by atoms with Crippen LogP contribution in [0.3, 0.4) is 0 Å². The van der Waals surface area contributed by atoms with Crippen molar-refractivity contribution in [1.29, 1.82) is 0 Å². The molecule has 2 N–H and O–H groups in total. The summed E-state index contributed by atoms with van der Waals surface area (Å²) in [5, 5.41) is 0. The topological polar surface area (TPSA) is 26.0 Å². The van der Waals surface area contributed by atoms with Crippen molar-refractivity contribution in [3.05, 3.63) is 34.9 Å². The summed E-state index contributed by atoms with van der Waals surface area (Å²) >= 11 is 0. The fourth-order valence-corrected chi connectivity index (χ4v) is 1.79. The van der Waals surface area contributed by atoms with E-state index in [1.54, 1.807) is 0 Å². The van der Waals surface area contributed by atoms with Crippen LogP contribution in [0.1, 0.15) is 23.1 Å². The first-order valence-electron chi connectivity index (χ1n) is 5.19. The molecule has 1 fully saturated rings. The molecule has 19 heavy (non-hydrogen) atoms. The molecule has 1 aliphatic rings. The van der Waals surface area contributed by atoms with Crippen molar-refractivity contribution in [2.75, 3.05) is 0 Å². The average Bonchev–Trinajstić information content (AvgIpc) is 2.85. The van der Waals surface area contributed by atoms with E-state index in [-0.39, 0.29) is 12.5 Å². The van der Waals surface area contributed by atoms with Crippen molar-refractivity contribution in [3.8, 4) is 0 Å². The van der Waals surface area contributed by atoms with Gasteiger partial charge in [-0.15, -0.1) is 0 Å². The van der Waals surface area contributed by atoms with Gasteiger partial charge in [-0.3, -0.25) is 0 Å². The molecule has 1 aliphatic carbocycles. The lowest BCUT2D eigenvalue weighted by Gasteiger charge is -2.16. The zero-order chi connectivity index (χ0) is 14.6. The molecule has 2 atom stereocenters. The molecule has 0 bridgehead atoms. The lowest BCUT2D eigenvalue weighted by Crippen LogP contribution is -2.17. The third-order valence-electron chi connectivity index (χ3n) is 3.01. The second-order valence-electron chi connectivity index (χ2n) is 4.47. The van der Waals surface area contributed by atoms with E-state index in [1.807, 2.05) is 0 Å². The van der Waals surface area contributed by atoms with Crippen molar-refractivity contribution >= 4 is 0 Å². The number of hydrogen-bond acceptors (Lipinski definition) is 1. The molecular formula is C11H8F7N. The highest BCUT2D eigenvalue weighted by molar-refractivity contribution is 5.40. The summed E-state index contributed by atoms with van der Waals surface area (Å²) in [5.74, 6) is 0. The largest absolute Gasteiger partial charge is 0.416 e. The van der Waals surface area contributed by atoms with Gasteiger partial charge in [0.25, 0.3) is 0 Å². The van der Waals surface area contributed by atoms with Gasteiger partial charge in [0.05, 0.1) is 11.1 Å². The minimum Gasteiger partial charge on any atom is -0.325 e. The summed E-state index contributed by atoms with van der Waals surface area (Å²) in [4.78, 5) is 0. The normalized spacial score (nSPS) is 27.5. The highest BCUT2D eigenvalue weighted by atomic mass is 19.4. The Morgan fingerprint density at radius 2 is 1.32 bits per heavy atom. The monoisotopic (exact) mass is 287 g/mol. The van der Waals surface area contributed by atoms with Crippen molar-refractivity contribution in [2.45, 2.75) is 30.5 Å². The summed E-state index contributed by atoms with van der Waals surface area (Å²) in [6.45, 7) is 0. The number of rotatable bonds is 1. The summed E-state index contributed by atoms with van der Waals surface area (Å²) in [6, 6.07) is -0.359. The highest BCUT2D eigenvalue weighted by Gasteiger charge is 2.55. The Morgan fingerprint density at radius 3 is 1.58 bits per heavy atom. The number of alkyl halides is 7. The van der Waals surface area contributed by atoms with Gasteiger partial charge in [-0.1, -0.05) is 0 Å². The van der Waals surface area contributed by atoms with Crippen molar-refractivity contribution in [3.63, 3.8) is 0 Å². The van der Waals surface area contributed by atoms with Crippen LogP contribution in [-0.4, -0.2) is 6.04 Å². The van der Waals surface area contributed by atoms with Crippen LogP contribution in [0.4, 0.5) is 30.7 Å². The number of hydrogen-bond donors (Lipinski definition) is 1. The average molecular weight is 287 g/mol. The zero-order valence-electron chi connectivity index (χ0n) is 9.24. The van der Waals surface area contributed by atoms with E-state index in [1.165, 1.54) is 0 Å². The van der Waals surface area contributed by atoms with Gasteiger partial charge in [-0.25, -0.2) is 4.39 Å². The molecule has 0 aromatic heterocycles. The van der Waals surface area contributed by atoms with E-state index in [0.29, 0.717) is 12.1 Å². The van der Waals surface area contributed by atoms with Gasteiger partial charge < -0.3 is 5.73 Å². The molecule has 0 spiro atoms. The van der Waals surface area contributed by atoms with Gasteiger partial charge in [-0.2, -0.15) is 26.3 Å². The Bertz CT molecular complexity index is 472. The van der Waals surface area contributed by atoms with Crippen LogP contribution < -0.4 is 5.73 Å². The van der Waals surface area contributed by atoms with E-state index in [0.717, 1.165) is 0 Å². The summed E-state index contributed by atoms with van der Waals surface area (Å²) < 4.78 is 89.0. The molecule has 0 aliphatic heterocycles. The maximum Gasteiger partial charge on any atom is 0.416 e. The SMILES string of the molecule is N[C@H]1C[C@]1(F)c1cc(C(F)(F)F)cc(C(F)(F)F)c1. The maximum absolute atomic E-state index is 13.9. The molecule has 0 saturated heterocycles. The van der Waals surface area contributed by atoms with E-state index >= 15 is 0 Å². The van der Waals surface area contributed by atoms with Crippen LogP contribution in [0.5, 0.6) is 0 Å². The molecule has 2 rings (SSSR count). The smallest absolute Gasteiger partial charge is 0.325 e. The van der Waals surface area contributed by atoms with Gasteiger partial charge in [0.1, 0.15) is 0 Å². The van der Waals surface area contributed by atoms with Gasteiger partial charge in [0.15, 0.2) is 5.67 Å². The van der Waals surface area contributed by atoms with E-state index in [4.69, 9.17) is 5.73 Å². The van der Waals surface area contributed by atoms with E-state index in [2.05, 4.69) is 0 Å². The molecular weight excluding hydrogens is 279 g/mol. The Labute approximate surface area is 103 Å². The van der Waals surface area contributed by atoms with E-state index in [9.17, 15) is 30.7 Å². The van der Waals surface area contributed by atoms with Crippen LogP contribution >= 0.6 is 0 Å². The Morgan fingerprint density at radius 1 is 0.947 bits per heavy atom. The standard InChI is InChI=1S/C11H8F7N/c12-9(4-8(9)19)5-1-6(10(13,14)15)3-7(2-5)11(16,17)18/h1-3,8H,4,19H2/t8-,9-/m0/s1. The Kier molecular flexibility index (Phi) is 2.85. The Hall–Kier alpha value is -1.31. The number of nitrogens with two attached hydrogens (primary N) is 1. The molecule has 1 aromatic rings. The van der Waals surface area contributed by atoms with Crippen molar-refractivity contribution < 1.29 is 30.7 Å². The highest BCUT2D eigenvalue weighted by Crippen LogP contribution is 2.50. The van der Waals surface area contributed by atoms with E-state index < -0.39 is 40.8 Å². The van der Waals surface area contributed by atoms with Crippen LogP contribution in [0, 0.1) is 0 Å². The summed E-state index contributed by atoms with van der Waals surface area (Å²) in [7, 11) is 0. The molecule has 0 unspecified atom stereocenters. The summed E-state index contributed by atoms with van der Waals surface area (Å²) in [5.41, 5.74) is -0.837. The predicted molar refractivity (Wildman–Crippen MR) is 51.8 cm³/mol. The van der Waals surface area contributed by atoms with Crippen LogP contribution in [0.25, 0.3) is 0 Å². The van der Waals surface area contributed by atoms with Crippen molar-refractivity contribution in [2.24, 2.45) is 5.73 Å². The first-order chi connectivity index (χ1) is 8.44. The third-order valence-corrected chi connectivity index (χ3v) is 3.01. The van der Waals surface area contributed by atoms with Crippen LogP contribution in [0.15, 0.2) is 18.2 Å². The lowest BCUT2D eigenvalue weighted by molar-refractivity contribution is -0.143. The Balaban J connectivity index is 2.57. The molecule has 0 heterocycles. The minimum atomic E-state index is -4.98. The van der Waals surface area contributed by atoms with Crippen LogP contribution in [-0.2, 0) is 18.0 Å². The fraction of sp³-hybridized carbons (Fsp3) is 0.455. The zero-order valence-corrected chi connectivity index (χ0v) is 9.24. The second-order valence-corrected chi connectivity index (χ2v) is 4.47. The fourth-order valence-electron chi connectivity index (χ4n) is 1.79. The predicted octanol–water partition coefficient (Wildman–Crippen LogP) is 3.62. The molecule has 0 amide bonds. The quantitative estimate of drug-likeness (QED) is 0.784. The maximum atomic E-state index is 13.9. The molecule has 1 saturated carbocycles. The van der Waals surface area contributed by atoms with Gasteiger partial charge in [0, 0.05) is 12.5 Å². The summed E-state index contributed by atoms with van der Waals surface area (Å²) in [6.07, 6.45) is -10.2. The van der Waals surface area contributed by atoms with Gasteiger partial charge in [-0.05, 0) is 23.8 Å². The third kappa shape index (κ3) is 2.54. The number of benzene rings is 1. The first kappa shape index (κ1) is 14.1. The molecule has 1 aromatic carbocycles. The van der Waals surface area contributed by atoms with Crippen molar-refractivity contribution in [1.82, 2.24) is 0 Å².